The molecule has 0 aliphatic carbocycles. The highest BCUT2D eigenvalue weighted by Gasteiger charge is 2.14. The molecule has 0 aromatic carbocycles. The van der Waals surface area contributed by atoms with Gasteiger partial charge in [-0.1, -0.05) is 5.16 Å². The monoisotopic (exact) mass is 369 g/mol. The van der Waals surface area contributed by atoms with E-state index in [4.69, 9.17) is 10.6 Å². The van der Waals surface area contributed by atoms with Gasteiger partial charge in [-0.2, -0.15) is 9.97 Å². The first-order chi connectivity index (χ1) is 12.5. The van der Waals surface area contributed by atoms with Crippen molar-refractivity contribution in [3.63, 3.8) is 0 Å². The molecule has 0 aliphatic rings. The van der Waals surface area contributed by atoms with Crippen molar-refractivity contribution in [1.82, 2.24) is 19.9 Å². The summed E-state index contributed by atoms with van der Waals surface area (Å²) in [5, 5.41) is 7.69. The number of rotatable bonds is 5. The van der Waals surface area contributed by atoms with Gasteiger partial charge in [0.1, 0.15) is 5.01 Å². The molecule has 2 N–H and O–H groups in total. The van der Waals surface area contributed by atoms with Crippen LogP contribution in [-0.2, 0) is 0 Å². The molecular weight excluding hydrogens is 354 g/mol. The Labute approximate surface area is 153 Å². The van der Waals surface area contributed by atoms with Gasteiger partial charge in [0.05, 0.1) is 22.0 Å². The van der Waals surface area contributed by atoms with Crippen molar-refractivity contribution in [2.24, 2.45) is 10.3 Å². The van der Waals surface area contributed by atoms with Gasteiger partial charge in [-0.15, -0.1) is 16.2 Å². The number of anilines is 1. The normalized spacial score (nSPS) is 11.4. The lowest BCUT2D eigenvalue weighted by Gasteiger charge is -2.03. The molecule has 3 aromatic heterocycles. The second-order valence-electron chi connectivity index (χ2n) is 5.36. The maximum absolute atomic E-state index is 10.7. The Morgan fingerprint density at radius 3 is 2.69 bits per heavy atom. The zero-order chi connectivity index (χ0) is 18.7. The first-order valence-electron chi connectivity index (χ1n) is 7.57. The van der Waals surface area contributed by atoms with Crippen LogP contribution in [0.5, 0.6) is 6.01 Å². The van der Waals surface area contributed by atoms with E-state index in [0.29, 0.717) is 11.4 Å². The maximum atomic E-state index is 10.7. The standard InChI is InChI=1S/C16H15N7O2S/c1-8-12(22-24)14(17)21-16(20-8)25-23-10(3)13-9(2)19-15(26-13)11-5-4-6-18-7-11/h4-7H,1-3H3,(H2,17,20,21)/b23-10+. The molecule has 3 aromatic rings. The third-order valence-electron chi connectivity index (χ3n) is 3.45. The second kappa shape index (κ2) is 7.31. The van der Waals surface area contributed by atoms with Gasteiger partial charge in [0.25, 0.3) is 0 Å². The number of nitrogen functional groups attached to an aromatic ring is 1. The highest BCUT2D eigenvalue weighted by Crippen LogP contribution is 2.28. The molecule has 0 radical (unpaired) electrons. The van der Waals surface area contributed by atoms with Crippen LogP contribution in [0.1, 0.15) is 23.2 Å². The van der Waals surface area contributed by atoms with E-state index in [-0.39, 0.29) is 17.5 Å². The molecule has 0 bridgehead atoms. The fourth-order valence-electron chi connectivity index (χ4n) is 2.21. The van der Waals surface area contributed by atoms with Gasteiger partial charge in [-0.25, -0.2) is 4.98 Å². The molecule has 9 nitrogen and oxygen atoms in total. The van der Waals surface area contributed by atoms with Crippen molar-refractivity contribution in [3.8, 4) is 16.6 Å². The Balaban J connectivity index is 1.85. The van der Waals surface area contributed by atoms with Crippen molar-refractivity contribution >= 4 is 28.6 Å². The zero-order valence-corrected chi connectivity index (χ0v) is 15.1. The summed E-state index contributed by atoms with van der Waals surface area (Å²) >= 11 is 1.48. The van der Waals surface area contributed by atoms with Gasteiger partial charge >= 0.3 is 6.01 Å². The van der Waals surface area contributed by atoms with Crippen LogP contribution >= 0.6 is 11.3 Å². The molecule has 132 valence electrons. The second-order valence-corrected chi connectivity index (χ2v) is 6.36. The molecule has 0 aliphatic heterocycles. The first kappa shape index (κ1) is 17.5. The summed E-state index contributed by atoms with van der Waals surface area (Å²) in [6, 6.07) is 3.75. The lowest BCUT2D eigenvalue weighted by molar-refractivity contribution is 0.312. The van der Waals surface area contributed by atoms with Crippen LogP contribution in [0.4, 0.5) is 11.5 Å². The molecule has 3 rings (SSSR count). The quantitative estimate of drug-likeness (QED) is 0.414. The highest BCUT2D eigenvalue weighted by molar-refractivity contribution is 7.17. The van der Waals surface area contributed by atoms with Crippen LogP contribution in [0.15, 0.2) is 34.9 Å². The molecular formula is C16H15N7O2S. The highest BCUT2D eigenvalue weighted by atomic mass is 32.1. The summed E-state index contributed by atoms with van der Waals surface area (Å²) < 4.78 is 0. The van der Waals surface area contributed by atoms with E-state index in [1.807, 2.05) is 19.1 Å². The van der Waals surface area contributed by atoms with Crippen LogP contribution in [-0.4, -0.2) is 25.6 Å². The Kier molecular flexibility index (Phi) is 4.94. The van der Waals surface area contributed by atoms with Crippen molar-refractivity contribution in [2.45, 2.75) is 20.8 Å². The number of thiazole rings is 1. The molecule has 0 fully saturated rings. The molecule has 0 saturated heterocycles. The van der Waals surface area contributed by atoms with Crippen molar-refractivity contribution in [3.05, 3.63) is 45.7 Å². The van der Waals surface area contributed by atoms with Crippen LogP contribution in [0, 0.1) is 18.8 Å². The van der Waals surface area contributed by atoms with Gasteiger partial charge in [0, 0.05) is 18.0 Å². The van der Waals surface area contributed by atoms with Gasteiger partial charge in [-0.3, -0.25) is 4.98 Å². The fourth-order valence-corrected chi connectivity index (χ4v) is 3.20. The topological polar surface area (TPSA) is 129 Å². The zero-order valence-electron chi connectivity index (χ0n) is 14.3. The smallest absolute Gasteiger partial charge is 0.347 e. The molecule has 26 heavy (non-hydrogen) atoms. The first-order valence-corrected chi connectivity index (χ1v) is 8.38. The average Bonchev–Trinajstić information content (AvgIpc) is 3.02. The predicted molar refractivity (Wildman–Crippen MR) is 99.6 cm³/mol. The third kappa shape index (κ3) is 3.54. The summed E-state index contributed by atoms with van der Waals surface area (Å²) in [6.07, 6.45) is 3.47. The fraction of sp³-hybridized carbons (Fsp3) is 0.188. The van der Waals surface area contributed by atoms with Crippen LogP contribution in [0.2, 0.25) is 0 Å². The van der Waals surface area contributed by atoms with Gasteiger partial charge in [0.15, 0.2) is 11.5 Å². The molecule has 0 unspecified atom stereocenters. The summed E-state index contributed by atoms with van der Waals surface area (Å²) in [4.78, 5) is 33.4. The minimum absolute atomic E-state index is 0.00235. The van der Waals surface area contributed by atoms with Crippen molar-refractivity contribution in [1.29, 1.82) is 0 Å². The minimum Gasteiger partial charge on any atom is -0.382 e. The number of hydrogen-bond donors (Lipinski definition) is 1. The van der Waals surface area contributed by atoms with Crippen LogP contribution < -0.4 is 10.6 Å². The SMILES string of the molecule is C/C(=N\Oc1nc(C)c(N=O)c(N)n1)c1sc(-c2cccnc2)nc1C. The molecule has 0 atom stereocenters. The van der Waals surface area contributed by atoms with Crippen LogP contribution in [0.25, 0.3) is 10.6 Å². The Morgan fingerprint density at radius 2 is 2.04 bits per heavy atom. The number of aromatic nitrogens is 4. The van der Waals surface area contributed by atoms with Crippen LogP contribution in [0.3, 0.4) is 0 Å². The van der Waals surface area contributed by atoms with E-state index < -0.39 is 0 Å². The number of nitrogens with two attached hydrogens (primary N) is 1. The van der Waals surface area contributed by atoms with Crippen molar-refractivity contribution in [2.75, 3.05) is 5.73 Å². The van der Waals surface area contributed by atoms with E-state index in [2.05, 4.69) is 30.3 Å². The Morgan fingerprint density at radius 1 is 1.23 bits per heavy atom. The predicted octanol–water partition coefficient (Wildman–Crippen LogP) is 3.40. The van der Waals surface area contributed by atoms with E-state index in [9.17, 15) is 4.91 Å². The largest absolute Gasteiger partial charge is 0.382 e. The Hall–Kier alpha value is -3.27. The number of nitroso groups, excluding NO2 is 1. The summed E-state index contributed by atoms with van der Waals surface area (Å²) in [5.41, 5.74) is 8.36. The van der Waals surface area contributed by atoms with E-state index in [0.717, 1.165) is 21.1 Å². The number of nitrogens with zero attached hydrogens (tertiary/aromatic N) is 6. The summed E-state index contributed by atoms with van der Waals surface area (Å²) in [5.74, 6) is -0.0526. The molecule has 0 amide bonds. The van der Waals surface area contributed by atoms with Crippen molar-refractivity contribution < 1.29 is 4.84 Å². The number of pyridine rings is 1. The van der Waals surface area contributed by atoms with Gasteiger partial charge in [-0.05, 0) is 38.1 Å². The average molecular weight is 369 g/mol. The minimum atomic E-state index is -0.0543. The summed E-state index contributed by atoms with van der Waals surface area (Å²) in [6.45, 7) is 5.28. The molecule has 0 saturated carbocycles. The number of oxime groups is 1. The summed E-state index contributed by atoms with van der Waals surface area (Å²) in [7, 11) is 0. The van der Waals surface area contributed by atoms with Gasteiger partial charge in [0.2, 0.25) is 0 Å². The number of aryl methyl sites for hydroxylation is 2. The maximum Gasteiger partial charge on any atom is 0.347 e. The van der Waals surface area contributed by atoms with Gasteiger partial charge < -0.3 is 10.6 Å². The lowest BCUT2D eigenvalue weighted by Crippen LogP contribution is -2.02. The van der Waals surface area contributed by atoms with E-state index in [1.165, 1.54) is 11.3 Å². The van der Waals surface area contributed by atoms with E-state index in [1.54, 1.807) is 26.2 Å². The lowest BCUT2D eigenvalue weighted by atomic mass is 10.3. The molecule has 0 spiro atoms. The number of hydrogen-bond acceptors (Lipinski definition) is 10. The molecule has 3 heterocycles. The molecule has 10 heteroatoms. The van der Waals surface area contributed by atoms with E-state index >= 15 is 0 Å². The Bertz CT molecular complexity index is 963. The third-order valence-corrected chi connectivity index (χ3v) is 4.77.